The Morgan fingerprint density at radius 3 is 2.84 bits per heavy atom. The van der Waals surface area contributed by atoms with E-state index >= 15 is 0 Å². The molecule has 188 valence electrons. The predicted octanol–water partition coefficient (Wildman–Crippen LogP) is 4.16. The first-order valence-electron chi connectivity index (χ1n) is 13.4. The van der Waals surface area contributed by atoms with Crippen LogP contribution < -0.4 is 10.2 Å². The number of fused-ring (bicyclic) bond motifs is 3. The fourth-order valence-electron chi connectivity index (χ4n) is 8.41. The molecule has 2 aromatic carbocycles. The van der Waals surface area contributed by atoms with Gasteiger partial charge in [0.25, 0.3) is 0 Å². The van der Waals surface area contributed by atoms with Crippen LogP contribution in [0.15, 0.2) is 65.4 Å². The molecule has 5 aliphatic rings. The number of nitrogens with one attached hydrogen (secondary N) is 1. The zero-order chi connectivity index (χ0) is 25.5. The molecule has 4 aliphatic heterocycles. The summed E-state index contributed by atoms with van der Waals surface area (Å²) < 4.78 is 0.747. The van der Waals surface area contributed by atoms with Gasteiger partial charge in [-0.25, -0.2) is 0 Å². The summed E-state index contributed by atoms with van der Waals surface area (Å²) in [6.07, 6.45) is 5.88. The molecule has 1 amide bonds. The molecule has 6 nitrogen and oxygen atoms in total. The Balaban J connectivity index is 1.30. The van der Waals surface area contributed by atoms with Crippen LogP contribution in [0.5, 0.6) is 0 Å². The third-order valence-electron chi connectivity index (χ3n) is 10.00. The quantitative estimate of drug-likeness (QED) is 0.300. The summed E-state index contributed by atoms with van der Waals surface area (Å²) in [6, 6.07) is 14.6. The van der Waals surface area contributed by atoms with Gasteiger partial charge in [0.2, 0.25) is 11.7 Å². The second-order valence-electron chi connectivity index (χ2n) is 11.5. The Morgan fingerprint density at radius 2 is 2.05 bits per heavy atom. The summed E-state index contributed by atoms with van der Waals surface area (Å²) in [5.41, 5.74) is 8.17. The van der Waals surface area contributed by atoms with Crippen molar-refractivity contribution in [1.29, 1.82) is 0 Å². The maximum Gasteiger partial charge on any atom is 0.223 e. The van der Waals surface area contributed by atoms with E-state index in [-0.39, 0.29) is 29.1 Å². The zero-order valence-corrected chi connectivity index (χ0v) is 21.4. The molecule has 1 spiro atoms. The van der Waals surface area contributed by atoms with Crippen molar-refractivity contribution in [3.05, 3.63) is 82.1 Å². The van der Waals surface area contributed by atoms with Gasteiger partial charge in [-0.3, -0.25) is 14.4 Å². The van der Waals surface area contributed by atoms with Crippen LogP contribution in [0.4, 0.5) is 11.4 Å². The lowest BCUT2D eigenvalue weighted by Gasteiger charge is -2.53. The van der Waals surface area contributed by atoms with Gasteiger partial charge < -0.3 is 14.7 Å². The van der Waals surface area contributed by atoms with E-state index in [4.69, 9.17) is 0 Å². The zero-order valence-electron chi connectivity index (χ0n) is 21.4. The Labute approximate surface area is 217 Å². The minimum Gasteiger partial charge on any atom is -0.357 e. The van der Waals surface area contributed by atoms with E-state index in [0.717, 1.165) is 76.9 Å². The number of hydrogen-bond donors (Lipinski definition) is 1. The van der Waals surface area contributed by atoms with E-state index in [2.05, 4.69) is 36.5 Å². The molecular weight excluding hydrogens is 462 g/mol. The molecule has 2 fully saturated rings. The predicted molar refractivity (Wildman–Crippen MR) is 142 cm³/mol. The van der Waals surface area contributed by atoms with Gasteiger partial charge in [0.05, 0.1) is 12.0 Å². The van der Waals surface area contributed by atoms with Crippen LogP contribution in [-0.4, -0.2) is 54.7 Å². The lowest BCUT2D eigenvalue weighted by atomic mass is 9.61. The Kier molecular flexibility index (Phi) is 4.75. The molecule has 2 saturated heterocycles. The molecule has 0 radical (unpaired) electrons. The van der Waals surface area contributed by atoms with Crippen molar-refractivity contribution in [3.63, 3.8) is 0 Å². The number of para-hydroxylation sites is 1. The fraction of sp³-hybridized carbons (Fsp3) is 0.387. The van der Waals surface area contributed by atoms with Crippen molar-refractivity contribution < 1.29 is 18.9 Å². The topological polar surface area (TPSA) is 66.5 Å². The number of piperidine rings is 1. The molecule has 4 heterocycles. The lowest BCUT2D eigenvalue weighted by molar-refractivity contribution is -0.934. The number of quaternary nitrogens is 1. The number of benzene rings is 2. The van der Waals surface area contributed by atoms with Crippen molar-refractivity contribution in [1.82, 2.24) is 0 Å². The van der Waals surface area contributed by atoms with Crippen LogP contribution in [-0.2, 0) is 21.4 Å². The van der Waals surface area contributed by atoms with Crippen LogP contribution in [0.1, 0.15) is 48.2 Å². The highest BCUT2D eigenvalue weighted by Gasteiger charge is 2.68. The molecule has 1 aliphatic carbocycles. The van der Waals surface area contributed by atoms with Gasteiger partial charge in [-0.1, -0.05) is 24.3 Å². The van der Waals surface area contributed by atoms with E-state index < -0.39 is 0 Å². The maximum absolute atomic E-state index is 13.9. The standard InChI is InChI=1S/C31H31N3O3/c1-3-20-16-34(17-28(37)22-8-9-27-21(14-22)10-12-33(27)19(2)36)13-11-31-25-6-4-5-7-26(25)32-30(31)24(18-35)23(20)15-29(31)34/h3-9,14,18,23,29H,10-13,15-17H2,1-2H3/p+1/b20-3-/t23-,29?,31+,34?/m0/s1. The SMILES string of the molecule is C/C=C1/C[N+]2(CC(=O)c3ccc4c(c3)CCN4C(C)=O)CC[C@]34C(=C(C=O)[C@H]1CC32)Nc1ccccc14. The third kappa shape index (κ3) is 2.88. The van der Waals surface area contributed by atoms with Gasteiger partial charge in [-0.2, -0.15) is 0 Å². The highest BCUT2D eigenvalue weighted by atomic mass is 16.2. The van der Waals surface area contributed by atoms with Crippen LogP contribution in [0.3, 0.4) is 0 Å². The van der Waals surface area contributed by atoms with Crippen LogP contribution in [0, 0.1) is 5.92 Å². The number of carbonyl (C=O) groups excluding carboxylic acids is 3. The fourth-order valence-corrected chi connectivity index (χ4v) is 8.41. The molecule has 2 unspecified atom stereocenters. The number of nitrogens with zero attached hydrogens (tertiary/aromatic N) is 2. The first-order valence-corrected chi connectivity index (χ1v) is 13.4. The second kappa shape index (κ2) is 7.75. The minimum atomic E-state index is -0.233. The van der Waals surface area contributed by atoms with Gasteiger partial charge in [0.1, 0.15) is 25.4 Å². The Hall–Kier alpha value is -3.51. The summed E-state index contributed by atoms with van der Waals surface area (Å²) in [5, 5.41) is 3.67. The van der Waals surface area contributed by atoms with Gasteiger partial charge in [0, 0.05) is 60.4 Å². The first-order chi connectivity index (χ1) is 17.9. The lowest BCUT2D eigenvalue weighted by Crippen LogP contribution is -2.64. The van der Waals surface area contributed by atoms with Gasteiger partial charge in [-0.05, 0) is 54.3 Å². The number of Topliss-reactive ketones (excluding diaryl/α,β-unsaturated/α-hetero) is 1. The number of anilines is 2. The third-order valence-corrected chi connectivity index (χ3v) is 10.00. The maximum atomic E-state index is 13.9. The van der Waals surface area contributed by atoms with Crippen LogP contribution in [0.2, 0.25) is 0 Å². The molecule has 37 heavy (non-hydrogen) atoms. The number of aldehydes is 1. The molecule has 0 aromatic heterocycles. The highest BCUT2D eigenvalue weighted by molar-refractivity contribution is 5.99. The normalized spacial score (nSPS) is 31.6. The van der Waals surface area contributed by atoms with E-state index in [9.17, 15) is 14.4 Å². The minimum absolute atomic E-state index is 0.0431. The largest absolute Gasteiger partial charge is 0.357 e. The van der Waals surface area contributed by atoms with E-state index in [1.807, 2.05) is 24.3 Å². The summed E-state index contributed by atoms with van der Waals surface area (Å²) in [6.45, 7) is 6.52. The van der Waals surface area contributed by atoms with Gasteiger partial charge in [0.15, 0.2) is 0 Å². The Bertz CT molecular complexity index is 1460. The number of rotatable bonds is 4. The smallest absolute Gasteiger partial charge is 0.223 e. The van der Waals surface area contributed by atoms with Crippen molar-refractivity contribution >= 4 is 29.4 Å². The van der Waals surface area contributed by atoms with Crippen molar-refractivity contribution in [3.8, 4) is 0 Å². The monoisotopic (exact) mass is 494 g/mol. The van der Waals surface area contributed by atoms with E-state index in [1.165, 1.54) is 11.1 Å². The average Bonchev–Trinajstić information content (AvgIpc) is 3.58. The highest BCUT2D eigenvalue weighted by Crippen LogP contribution is 2.63. The molecular formula is C31H32N3O3+. The summed E-state index contributed by atoms with van der Waals surface area (Å²) in [5.74, 6) is 0.331. The van der Waals surface area contributed by atoms with Crippen LogP contribution >= 0.6 is 0 Å². The number of allylic oxidation sites excluding steroid dienone is 2. The Morgan fingerprint density at radius 1 is 1.22 bits per heavy atom. The van der Waals surface area contributed by atoms with Crippen molar-refractivity contribution in [2.45, 2.75) is 44.6 Å². The van der Waals surface area contributed by atoms with Crippen molar-refractivity contribution in [2.24, 2.45) is 5.92 Å². The second-order valence-corrected chi connectivity index (χ2v) is 11.5. The number of carbonyl (C=O) groups is 3. The first kappa shape index (κ1) is 22.7. The number of ketones is 1. The molecule has 7 rings (SSSR count). The van der Waals surface area contributed by atoms with Gasteiger partial charge >= 0.3 is 0 Å². The molecule has 1 N–H and O–H groups in total. The van der Waals surface area contributed by atoms with E-state index in [0.29, 0.717) is 13.1 Å². The molecule has 4 atom stereocenters. The van der Waals surface area contributed by atoms with Crippen LogP contribution in [0.25, 0.3) is 0 Å². The summed E-state index contributed by atoms with van der Waals surface area (Å²) >= 11 is 0. The molecule has 2 aromatic rings. The number of hydrogen-bond acceptors (Lipinski definition) is 4. The van der Waals surface area contributed by atoms with Crippen molar-refractivity contribution in [2.75, 3.05) is 36.4 Å². The van der Waals surface area contributed by atoms with Gasteiger partial charge in [-0.15, -0.1) is 0 Å². The average molecular weight is 495 g/mol. The number of amides is 1. The van der Waals surface area contributed by atoms with E-state index in [1.54, 1.807) is 11.8 Å². The summed E-state index contributed by atoms with van der Waals surface area (Å²) in [4.78, 5) is 40.2. The summed E-state index contributed by atoms with van der Waals surface area (Å²) in [7, 11) is 0. The molecule has 0 saturated carbocycles. The molecule has 6 heteroatoms. The molecule has 2 bridgehead atoms.